The van der Waals surface area contributed by atoms with Crippen LogP contribution in [0.15, 0.2) is 18.2 Å². The molecular weight excluding hydrogens is 272 g/mol. The third kappa shape index (κ3) is 2.51. The summed E-state index contributed by atoms with van der Waals surface area (Å²) in [4.78, 5) is 20.8. The number of aromatic carboxylic acids is 2. The van der Waals surface area contributed by atoms with Crippen molar-refractivity contribution < 1.29 is 45.6 Å². The first-order valence-electron chi connectivity index (χ1n) is 3.40. The molecule has 0 amide bonds. The summed E-state index contributed by atoms with van der Waals surface area (Å²) in [7, 11) is 0. The van der Waals surface area contributed by atoms with E-state index in [1.54, 1.807) is 0 Å². The summed E-state index contributed by atoms with van der Waals surface area (Å²) < 4.78 is 0.712. The van der Waals surface area contributed by atoms with E-state index < -0.39 is 11.9 Å². The number of benzene rings is 1. The minimum atomic E-state index is -1.37. The molecule has 0 aromatic heterocycles. The van der Waals surface area contributed by atoms with Gasteiger partial charge >= 0.3 is 90.0 Å². The first-order chi connectivity index (χ1) is 6.00. The van der Waals surface area contributed by atoms with Gasteiger partial charge in [0.25, 0.3) is 0 Å². The second-order valence-electron chi connectivity index (χ2n) is 2.49. The van der Waals surface area contributed by atoms with Crippen LogP contribution in [0.2, 0.25) is 0 Å². The van der Waals surface area contributed by atoms with Gasteiger partial charge < -0.3 is 0 Å². The standard InChI is InChI=1S/C8H5O4.Cd/c9-7(10)5-2-1-3-6(4-5)8(11)12;/h2-4H,(H,9,10)(H,11,12);/q;+2/p-2. The van der Waals surface area contributed by atoms with E-state index in [1.165, 1.54) is 12.1 Å². The summed E-state index contributed by atoms with van der Waals surface area (Å²) in [5, 5.41) is 20.8. The molecule has 5 heteroatoms. The van der Waals surface area contributed by atoms with Gasteiger partial charge in [0.15, 0.2) is 0 Å². The van der Waals surface area contributed by atoms with Crippen molar-refractivity contribution in [3.63, 3.8) is 0 Å². The van der Waals surface area contributed by atoms with Gasteiger partial charge in [0, 0.05) is 0 Å². The fourth-order valence-corrected chi connectivity index (χ4v) is 2.18. The van der Waals surface area contributed by atoms with Crippen molar-refractivity contribution in [3.05, 3.63) is 29.3 Å². The van der Waals surface area contributed by atoms with Gasteiger partial charge in [-0.3, -0.25) is 0 Å². The van der Waals surface area contributed by atoms with Crippen molar-refractivity contribution in [1.82, 2.24) is 0 Å². The zero-order valence-electron chi connectivity index (χ0n) is 6.57. The van der Waals surface area contributed by atoms with Crippen LogP contribution in [-0.2, 0) is 25.8 Å². The molecule has 13 heavy (non-hydrogen) atoms. The molecule has 1 aromatic carbocycles. The molecule has 61 valence electrons. The van der Waals surface area contributed by atoms with Crippen LogP contribution in [0.4, 0.5) is 0 Å². The third-order valence-corrected chi connectivity index (χ3v) is 2.63. The summed E-state index contributed by atoms with van der Waals surface area (Å²) in [6.07, 6.45) is 0. The summed E-state index contributed by atoms with van der Waals surface area (Å²) >= 11 is 0.353. The third-order valence-electron chi connectivity index (χ3n) is 1.46. The maximum atomic E-state index is 10.4. The van der Waals surface area contributed by atoms with Crippen LogP contribution in [-0.4, -0.2) is 11.9 Å². The maximum absolute atomic E-state index is 10.4. The molecule has 1 aromatic rings. The monoisotopic (exact) mass is 277 g/mol. The number of carbonyl (C=O) groups excluding carboxylic acids is 2. The molecule has 0 saturated carbocycles. The molecule has 0 saturated heterocycles. The van der Waals surface area contributed by atoms with Gasteiger partial charge in [-0.05, 0) is 0 Å². The number of carboxylic acids is 2. The number of carbonyl (C=O) groups is 2. The summed E-state index contributed by atoms with van der Waals surface area (Å²) in [5.41, 5.74) is -0.222. The Morgan fingerprint density at radius 1 is 1.00 bits per heavy atom. The molecular formula is C8H3CdO4. The van der Waals surface area contributed by atoms with Gasteiger partial charge in [0.05, 0.1) is 0 Å². The molecule has 0 radical (unpaired) electrons. The van der Waals surface area contributed by atoms with Gasteiger partial charge in [0.2, 0.25) is 0 Å². The molecule has 1 rings (SSSR count). The van der Waals surface area contributed by atoms with Crippen molar-refractivity contribution >= 4 is 15.1 Å². The fraction of sp³-hybridized carbons (Fsp3) is 0. The Morgan fingerprint density at radius 2 is 1.38 bits per heavy atom. The Morgan fingerprint density at radius 3 is 1.69 bits per heavy atom. The van der Waals surface area contributed by atoms with Crippen molar-refractivity contribution in [1.29, 1.82) is 0 Å². The van der Waals surface area contributed by atoms with Crippen LogP contribution in [0.3, 0.4) is 0 Å². The van der Waals surface area contributed by atoms with E-state index in [2.05, 4.69) is 0 Å². The Bertz CT molecular complexity index is 340. The number of rotatable bonds is 2. The molecule has 0 unspecified atom stereocenters. The zero-order chi connectivity index (χ0) is 10.0. The minimum absolute atomic E-state index is 0.111. The fourth-order valence-electron chi connectivity index (χ4n) is 0.928. The van der Waals surface area contributed by atoms with E-state index in [-0.39, 0.29) is 11.1 Å². The predicted molar refractivity (Wildman–Crippen MR) is 34.7 cm³/mol. The molecule has 4 nitrogen and oxygen atoms in total. The van der Waals surface area contributed by atoms with Crippen molar-refractivity contribution in [2.24, 2.45) is 0 Å². The van der Waals surface area contributed by atoms with E-state index >= 15 is 0 Å². The Balaban J connectivity index is 3.26. The zero-order valence-corrected chi connectivity index (χ0v) is 10.6. The van der Waals surface area contributed by atoms with E-state index in [1.807, 2.05) is 0 Å². The molecule has 0 spiro atoms. The van der Waals surface area contributed by atoms with Crippen LogP contribution in [0.25, 0.3) is 0 Å². The summed E-state index contributed by atoms with van der Waals surface area (Å²) in [5.74, 6) is -2.74. The van der Waals surface area contributed by atoms with Crippen LogP contribution in [0.5, 0.6) is 0 Å². The molecule has 0 fully saturated rings. The van der Waals surface area contributed by atoms with E-state index in [0.717, 1.165) is 6.07 Å². The molecule has 0 heterocycles. The van der Waals surface area contributed by atoms with E-state index in [4.69, 9.17) is 0 Å². The van der Waals surface area contributed by atoms with Crippen LogP contribution in [0, 0.1) is 0 Å². The molecule has 0 atom stereocenters. The average Bonchev–Trinajstić information content (AvgIpc) is 2.03. The van der Waals surface area contributed by atoms with Gasteiger partial charge in [-0.1, -0.05) is 0 Å². The van der Waals surface area contributed by atoms with Gasteiger partial charge in [-0.2, -0.15) is 0 Å². The molecule has 0 N–H and O–H groups in total. The first-order valence-corrected chi connectivity index (χ1v) is 5.42. The Labute approximate surface area is 89.9 Å². The number of carboxylic acid groups (broad SMARTS) is 2. The first kappa shape index (κ1) is 10.2. The van der Waals surface area contributed by atoms with Crippen molar-refractivity contribution in [2.75, 3.05) is 0 Å². The molecule has 0 aliphatic carbocycles. The predicted octanol–water partition coefficient (Wildman–Crippen LogP) is -2.41. The summed E-state index contributed by atoms with van der Waals surface area (Å²) in [6, 6.07) is 3.86. The quantitative estimate of drug-likeness (QED) is 0.563. The van der Waals surface area contributed by atoms with Crippen LogP contribution >= 0.6 is 0 Å². The number of hydrogen-bond acceptors (Lipinski definition) is 4. The Kier molecular flexibility index (Phi) is 3.02. The molecule has 0 aliphatic rings. The Hall–Kier alpha value is -0.918. The topological polar surface area (TPSA) is 80.3 Å². The second kappa shape index (κ2) is 3.86. The van der Waals surface area contributed by atoms with Gasteiger partial charge in [-0.25, -0.2) is 0 Å². The summed E-state index contributed by atoms with van der Waals surface area (Å²) in [6.45, 7) is 0. The van der Waals surface area contributed by atoms with Gasteiger partial charge in [-0.15, -0.1) is 0 Å². The van der Waals surface area contributed by atoms with E-state index in [9.17, 15) is 19.8 Å². The normalized spacial score (nSPS) is 9.69. The number of hydrogen-bond donors (Lipinski definition) is 0. The SMILES string of the molecule is O=C([O-])c1c[c]([Cd+2])cc(C(=O)[O-])c1. The van der Waals surface area contributed by atoms with Crippen LogP contribution < -0.4 is 13.3 Å². The van der Waals surface area contributed by atoms with Crippen LogP contribution in [0.1, 0.15) is 20.7 Å². The second-order valence-corrected chi connectivity index (χ2v) is 4.82. The van der Waals surface area contributed by atoms with E-state index in [0.29, 0.717) is 28.9 Å². The van der Waals surface area contributed by atoms with Crippen molar-refractivity contribution in [3.8, 4) is 0 Å². The average molecular weight is 276 g/mol. The molecule has 0 bridgehead atoms. The van der Waals surface area contributed by atoms with Gasteiger partial charge in [0.1, 0.15) is 0 Å². The van der Waals surface area contributed by atoms with Crippen molar-refractivity contribution in [2.45, 2.75) is 0 Å². The molecule has 0 aliphatic heterocycles.